The van der Waals surface area contributed by atoms with E-state index < -0.39 is 5.91 Å². The number of benzene rings is 2. The van der Waals surface area contributed by atoms with Crippen molar-refractivity contribution in [2.75, 3.05) is 5.32 Å². The van der Waals surface area contributed by atoms with E-state index in [1.54, 1.807) is 35.9 Å². The van der Waals surface area contributed by atoms with Crippen LogP contribution in [0.25, 0.3) is 5.69 Å². The van der Waals surface area contributed by atoms with Gasteiger partial charge in [0.25, 0.3) is 5.91 Å². The molecule has 0 aliphatic carbocycles. The zero-order valence-electron chi connectivity index (χ0n) is 12.1. The summed E-state index contributed by atoms with van der Waals surface area (Å²) in [5, 5.41) is 11.2. The van der Waals surface area contributed by atoms with Crippen molar-refractivity contribution in [1.29, 1.82) is 0 Å². The molecular formula is C16H12ClFN4O. The van der Waals surface area contributed by atoms with Crippen molar-refractivity contribution in [1.82, 2.24) is 15.0 Å². The Bertz CT molecular complexity index is 844. The zero-order valence-corrected chi connectivity index (χ0v) is 12.9. The smallest absolute Gasteiger partial charge is 0.278 e. The summed E-state index contributed by atoms with van der Waals surface area (Å²) in [7, 11) is 0. The number of rotatable bonds is 3. The van der Waals surface area contributed by atoms with Gasteiger partial charge in [0.15, 0.2) is 5.69 Å². The third kappa shape index (κ3) is 3.22. The van der Waals surface area contributed by atoms with Gasteiger partial charge in [-0.05, 0) is 55.5 Å². The van der Waals surface area contributed by atoms with Gasteiger partial charge in [0, 0.05) is 10.7 Å². The highest BCUT2D eigenvalue weighted by molar-refractivity contribution is 6.30. The lowest BCUT2D eigenvalue weighted by atomic mass is 10.2. The molecule has 1 amide bonds. The van der Waals surface area contributed by atoms with Gasteiger partial charge in [0.05, 0.1) is 11.4 Å². The van der Waals surface area contributed by atoms with Gasteiger partial charge in [-0.2, -0.15) is 0 Å². The van der Waals surface area contributed by atoms with Crippen LogP contribution in [-0.4, -0.2) is 20.9 Å². The number of carbonyl (C=O) groups excluding carboxylic acids is 1. The average Bonchev–Trinajstić information content (AvgIpc) is 2.92. The molecule has 23 heavy (non-hydrogen) atoms. The molecule has 116 valence electrons. The SMILES string of the molecule is Cc1c(C(=O)Nc2ccc(F)cc2)nnn1-c1ccc(Cl)cc1. The van der Waals surface area contributed by atoms with Gasteiger partial charge in [-0.3, -0.25) is 4.79 Å². The molecule has 3 rings (SSSR count). The Labute approximate surface area is 136 Å². The number of hydrogen-bond acceptors (Lipinski definition) is 3. The second-order valence-electron chi connectivity index (χ2n) is 4.87. The first-order valence-electron chi connectivity index (χ1n) is 6.80. The minimum atomic E-state index is -0.408. The van der Waals surface area contributed by atoms with Gasteiger partial charge in [0.2, 0.25) is 0 Å². The number of hydrogen-bond donors (Lipinski definition) is 1. The maximum atomic E-state index is 12.9. The van der Waals surface area contributed by atoms with E-state index in [-0.39, 0.29) is 11.5 Å². The van der Waals surface area contributed by atoms with Crippen LogP contribution in [0.3, 0.4) is 0 Å². The summed E-state index contributed by atoms with van der Waals surface area (Å²) in [6.07, 6.45) is 0. The van der Waals surface area contributed by atoms with Crippen LogP contribution >= 0.6 is 11.6 Å². The third-order valence-corrected chi connectivity index (χ3v) is 3.53. The lowest BCUT2D eigenvalue weighted by molar-refractivity contribution is 0.102. The number of nitrogens with zero attached hydrogens (tertiary/aromatic N) is 3. The quantitative estimate of drug-likeness (QED) is 0.798. The van der Waals surface area contributed by atoms with E-state index in [9.17, 15) is 9.18 Å². The second-order valence-corrected chi connectivity index (χ2v) is 5.31. The summed E-state index contributed by atoms with van der Waals surface area (Å²) in [5.74, 6) is -0.776. The van der Waals surface area contributed by atoms with Crippen molar-refractivity contribution in [3.05, 3.63) is 70.8 Å². The molecular weight excluding hydrogens is 319 g/mol. The summed E-state index contributed by atoms with van der Waals surface area (Å²) < 4.78 is 14.4. The Hall–Kier alpha value is -2.73. The highest BCUT2D eigenvalue weighted by Gasteiger charge is 2.17. The van der Waals surface area contributed by atoms with Gasteiger partial charge < -0.3 is 5.32 Å². The molecule has 0 fully saturated rings. The van der Waals surface area contributed by atoms with Gasteiger partial charge in [-0.15, -0.1) is 5.10 Å². The standard InChI is InChI=1S/C16H12ClFN4O/c1-10-15(16(23)19-13-6-4-12(18)5-7-13)20-21-22(10)14-8-2-11(17)3-9-14/h2-9H,1H3,(H,19,23). The summed E-state index contributed by atoms with van der Waals surface area (Å²) >= 11 is 5.86. The molecule has 0 aliphatic rings. The normalized spacial score (nSPS) is 10.6. The zero-order chi connectivity index (χ0) is 16.4. The molecule has 0 spiro atoms. The first-order valence-corrected chi connectivity index (χ1v) is 7.17. The Morgan fingerprint density at radius 1 is 1.13 bits per heavy atom. The number of nitrogens with one attached hydrogen (secondary N) is 1. The second kappa shape index (κ2) is 6.18. The fourth-order valence-corrected chi connectivity index (χ4v) is 2.22. The molecule has 1 N–H and O–H groups in total. The van der Waals surface area contributed by atoms with Gasteiger partial charge >= 0.3 is 0 Å². The average molecular weight is 331 g/mol. The van der Waals surface area contributed by atoms with E-state index in [1.165, 1.54) is 24.3 Å². The van der Waals surface area contributed by atoms with E-state index in [4.69, 9.17) is 11.6 Å². The minimum absolute atomic E-state index is 0.198. The summed E-state index contributed by atoms with van der Waals surface area (Å²) in [6, 6.07) is 12.5. The van der Waals surface area contributed by atoms with E-state index >= 15 is 0 Å². The molecule has 7 heteroatoms. The molecule has 0 unspecified atom stereocenters. The molecule has 1 aromatic heterocycles. The highest BCUT2D eigenvalue weighted by atomic mass is 35.5. The van der Waals surface area contributed by atoms with Crippen LogP contribution in [0.4, 0.5) is 10.1 Å². The minimum Gasteiger partial charge on any atom is -0.321 e. The topological polar surface area (TPSA) is 59.8 Å². The molecule has 0 saturated carbocycles. The summed E-state index contributed by atoms with van der Waals surface area (Å²) in [5.41, 5.74) is 2.02. The lowest BCUT2D eigenvalue weighted by Crippen LogP contribution is -2.14. The molecule has 1 heterocycles. The van der Waals surface area contributed by atoms with E-state index in [0.717, 1.165) is 5.69 Å². The molecule has 3 aromatic rings. The third-order valence-electron chi connectivity index (χ3n) is 3.28. The van der Waals surface area contributed by atoms with Gasteiger partial charge in [0.1, 0.15) is 5.82 Å². The van der Waals surface area contributed by atoms with E-state index in [0.29, 0.717) is 16.4 Å². The fraction of sp³-hybridized carbons (Fsp3) is 0.0625. The maximum Gasteiger partial charge on any atom is 0.278 e. The van der Waals surface area contributed by atoms with Crippen LogP contribution < -0.4 is 5.32 Å². The Kier molecular flexibility index (Phi) is 4.08. The largest absolute Gasteiger partial charge is 0.321 e. The predicted octanol–water partition coefficient (Wildman–Crippen LogP) is 3.62. The number of carbonyl (C=O) groups is 1. The van der Waals surface area contributed by atoms with Crippen LogP contribution in [-0.2, 0) is 0 Å². The highest BCUT2D eigenvalue weighted by Crippen LogP contribution is 2.17. The van der Waals surface area contributed by atoms with Gasteiger partial charge in [-0.25, -0.2) is 9.07 Å². The molecule has 0 bridgehead atoms. The lowest BCUT2D eigenvalue weighted by Gasteiger charge is -2.05. The van der Waals surface area contributed by atoms with Crippen molar-refractivity contribution < 1.29 is 9.18 Å². The van der Waals surface area contributed by atoms with E-state index in [2.05, 4.69) is 15.6 Å². The molecule has 5 nitrogen and oxygen atoms in total. The van der Waals surface area contributed by atoms with Crippen LogP contribution in [0.2, 0.25) is 5.02 Å². The summed E-state index contributed by atoms with van der Waals surface area (Å²) in [6.45, 7) is 1.74. The first-order chi connectivity index (χ1) is 11.0. The maximum absolute atomic E-state index is 12.9. The van der Waals surface area contributed by atoms with Crippen molar-refractivity contribution in [3.63, 3.8) is 0 Å². The number of aromatic nitrogens is 3. The molecule has 0 atom stereocenters. The number of anilines is 1. The Balaban J connectivity index is 1.85. The number of amides is 1. The molecule has 0 radical (unpaired) electrons. The van der Waals surface area contributed by atoms with E-state index in [1.807, 2.05) is 0 Å². The van der Waals surface area contributed by atoms with Crippen molar-refractivity contribution in [2.24, 2.45) is 0 Å². The Morgan fingerprint density at radius 3 is 2.43 bits per heavy atom. The molecule has 0 aliphatic heterocycles. The Morgan fingerprint density at radius 2 is 1.78 bits per heavy atom. The first kappa shape index (κ1) is 15.2. The van der Waals surface area contributed by atoms with Crippen LogP contribution in [0.5, 0.6) is 0 Å². The number of halogens is 2. The van der Waals surface area contributed by atoms with Crippen molar-refractivity contribution in [3.8, 4) is 5.69 Å². The monoisotopic (exact) mass is 330 g/mol. The summed E-state index contributed by atoms with van der Waals surface area (Å²) in [4.78, 5) is 12.3. The van der Waals surface area contributed by atoms with Crippen molar-refractivity contribution >= 4 is 23.2 Å². The van der Waals surface area contributed by atoms with Gasteiger partial charge in [-0.1, -0.05) is 16.8 Å². The van der Waals surface area contributed by atoms with Crippen molar-refractivity contribution in [2.45, 2.75) is 6.92 Å². The molecule has 2 aromatic carbocycles. The van der Waals surface area contributed by atoms with Crippen LogP contribution in [0, 0.1) is 12.7 Å². The van der Waals surface area contributed by atoms with Crippen LogP contribution in [0.1, 0.15) is 16.2 Å². The molecule has 0 saturated heterocycles. The fourth-order valence-electron chi connectivity index (χ4n) is 2.09. The predicted molar refractivity (Wildman–Crippen MR) is 85.5 cm³/mol. The van der Waals surface area contributed by atoms with Crippen LogP contribution in [0.15, 0.2) is 48.5 Å².